The van der Waals surface area contributed by atoms with Crippen LogP contribution in [0.25, 0.3) is 11.0 Å². The Kier molecular flexibility index (Phi) is 4.98. The van der Waals surface area contributed by atoms with Crippen LogP contribution in [-0.2, 0) is 12.8 Å². The zero-order valence-electron chi connectivity index (χ0n) is 14.8. The summed E-state index contributed by atoms with van der Waals surface area (Å²) in [7, 11) is 0. The van der Waals surface area contributed by atoms with Gasteiger partial charge in [-0.15, -0.1) is 0 Å². The van der Waals surface area contributed by atoms with Crippen molar-refractivity contribution in [3.63, 3.8) is 0 Å². The predicted molar refractivity (Wildman–Crippen MR) is 106 cm³/mol. The number of aromatic nitrogens is 1. The minimum Gasteiger partial charge on any atom is -0.490 e. The Bertz CT molecular complexity index is 1010. The summed E-state index contributed by atoms with van der Waals surface area (Å²) in [5, 5.41) is 4.19. The second-order valence-electron chi connectivity index (χ2n) is 6.39. The van der Waals surface area contributed by atoms with Crippen LogP contribution in [0.4, 0.5) is 5.69 Å². The van der Waals surface area contributed by atoms with E-state index in [1.54, 1.807) is 12.1 Å². The fourth-order valence-corrected chi connectivity index (χ4v) is 3.97. The van der Waals surface area contributed by atoms with E-state index in [0.717, 1.165) is 42.4 Å². The van der Waals surface area contributed by atoms with E-state index in [-0.39, 0.29) is 16.0 Å². The molecule has 1 aromatic carbocycles. The lowest BCUT2D eigenvalue weighted by Gasteiger charge is -2.12. The number of aryl methyl sites for hydroxylation is 2. The smallest absolute Gasteiger partial charge is 0.256 e. The number of carbonyl (C=O) groups is 1. The third-order valence-electron chi connectivity index (χ3n) is 4.70. The fraction of sp³-hybridized carbons (Fsp3) is 0.300. The summed E-state index contributed by atoms with van der Waals surface area (Å²) in [6, 6.07) is 3.53. The summed E-state index contributed by atoms with van der Waals surface area (Å²) in [6.07, 6.45) is 6.80. The minimum absolute atomic E-state index is 0.284. The largest absolute Gasteiger partial charge is 0.490 e. The topological polar surface area (TPSA) is 64.4 Å². The van der Waals surface area contributed by atoms with E-state index in [0.29, 0.717) is 29.2 Å². The molecular weight excluding hydrogens is 387 g/mol. The number of nitrogens with zero attached hydrogens (tertiary/aromatic N) is 1. The van der Waals surface area contributed by atoms with Gasteiger partial charge in [0.05, 0.1) is 27.9 Å². The van der Waals surface area contributed by atoms with Gasteiger partial charge in [-0.05, 0) is 38.3 Å². The van der Waals surface area contributed by atoms with E-state index >= 15 is 0 Å². The molecule has 1 amide bonds. The van der Waals surface area contributed by atoms with Crippen molar-refractivity contribution in [2.45, 2.75) is 32.6 Å². The number of hydrogen-bond donors (Lipinski definition) is 1. The van der Waals surface area contributed by atoms with Crippen LogP contribution in [0.1, 0.15) is 41.4 Å². The summed E-state index contributed by atoms with van der Waals surface area (Å²) in [6.45, 7) is 2.44. The molecule has 0 saturated carbocycles. The quantitative estimate of drug-likeness (QED) is 0.608. The Balaban J connectivity index is 1.83. The molecule has 3 aromatic rings. The van der Waals surface area contributed by atoms with Gasteiger partial charge in [0.15, 0.2) is 11.3 Å². The van der Waals surface area contributed by atoms with E-state index in [4.69, 9.17) is 32.4 Å². The van der Waals surface area contributed by atoms with Crippen molar-refractivity contribution in [3.05, 3.63) is 51.5 Å². The first-order chi connectivity index (χ1) is 13.1. The van der Waals surface area contributed by atoms with Gasteiger partial charge in [-0.2, -0.15) is 0 Å². The van der Waals surface area contributed by atoms with Crippen molar-refractivity contribution in [1.82, 2.24) is 4.98 Å². The van der Waals surface area contributed by atoms with Crippen molar-refractivity contribution in [2.75, 3.05) is 11.9 Å². The standard InChI is InChI=1S/C20H18Cl2N2O3/c1-2-26-16-8-7-12(17-11-5-3-4-6-15(11)27-19(16)17)20(25)24-18-13(21)9-23-10-14(18)22/h7-10H,2-6H2,1H3,(H,23,24,25). The van der Waals surface area contributed by atoms with Gasteiger partial charge >= 0.3 is 0 Å². The lowest BCUT2D eigenvalue weighted by Crippen LogP contribution is -2.14. The Labute approximate surface area is 166 Å². The monoisotopic (exact) mass is 404 g/mol. The van der Waals surface area contributed by atoms with Gasteiger partial charge in [-0.3, -0.25) is 9.78 Å². The van der Waals surface area contributed by atoms with Crippen molar-refractivity contribution < 1.29 is 13.9 Å². The summed E-state index contributed by atoms with van der Waals surface area (Å²) in [4.78, 5) is 17.0. The molecule has 140 valence electrons. The molecular formula is C20H18Cl2N2O3. The number of halogens is 2. The van der Waals surface area contributed by atoms with Crippen LogP contribution in [-0.4, -0.2) is 17.5 Å². The van der Waals surface area contributed by atoms with Crippen molar-refractivity contribution in [3.8, 4) is 5.75 Å². The van der Waals surface area contributed by atoms with E-state index < -0.39 is 0 Å². The minimum atomic E-state index is -0.299. The zero-order chi connectivity index (χ0) is 19.0. The van der Waals surface area contributed by atoms with Crippen molar-refractivity contribution >= 4 is 45.8 Å². The van der Waals surface area contributed by atoms with E-state index in [9.17, 15) is 4.79 Å². The van der Waals surface area contributed by atoms with Crippen LogP contribution in [0.15, 0.2) is 28.9 Å². The number of amides is 1. The molecule has 2 aromatic heterocycles. The molecule has 2 heterocycles. The van der Waals surface area contributed by atoms with Gasteiger partial charge in [0, 0.05) is 29.8 Å². The average molecular weight is 405 g/mol. The van der Waals surface area contributed by atoms with Crippen molar-refractivity contribution in [2.24, 2.45) is 0 Å². The summed E-state index contributed by atoms with van der Waals surface area (Å²) in [5.74, 6) is 1.29. The van der Waals surface area contributed by atoms with Gasteiger partial charge in [0.25, 0.3) is 5.91 Å². The molecule has 0 unspecified atom stereocenters. The van der Waals surface area contributed by atoms with Gasteiger partial charge in [-0.25, -0.2) is 0 Å². The summed E-state index contributed by atoms with van der Waals surface area (Å²) in [5.41, 5.74) is 2.58. The number of pyridine rings is 1. The predicted octanol–water partition coefficient (Wildman–Crippen LogP) is 5.66. The van der Waals surface area contributed by atoms with Crippen LogP contribution in [0.5, 0.6) is 5.75 Å². The Morgan fingerprint density at radius 1 is 1.22 bits per heavy atom. The first kappa shape index (κ1) is 18.1. The molecule has 0 atom stereocenters. The molecule has 4 rings (SSSR count). The molecule has 0 fully saturated rings. The highest BCUT2D eigenvalue weighted by molar-refractivity contribution is 6.39. The highest BCUT2D eigenvalue weighted by atomic mass is 35.5. The molecule has 1 aliphatic carbocycles. The maximum atomic E-state index is 13.1. The molecule has 0 bridgehead atoms. The molecule has 0 spiro atoms. The molecule has 5 nitrogen and oxygen atoms in total. The summed E-state index contributed by atoms with van der Waals surface area (Å²) >= 11 is 12.3. The van der Waals surface area contributed by atoms with Crippen LogP contribution in [0.2, 0.25) is 10.0 Å². The summed E-state index contributed by atoms with van der Waals surface area (Å²) < 4.78 is 11.8. The second kappa shape index (κ2) is 7.41. The fourth-order valence-electron chi connectivity index (χ4n) is 3.51. The van der Waals surface area contributed by atoms with Gasteiger partial charge in [0.2, 0.25) is 0 Å². The van der Waals surface area contributed by atoms with Gasteiger partial charge < -0.3 is 14.5 Å². The van der Waals surface area contributed by atoms with E-state index in [1.807, 2.05) is 6.92 Å². The molecule has 0 radical (unpaired) electrons. The van der Waals surface area contributed by atoms with Crippen LogP contribution in [0.3, 0.4) is 0 Å². The lowest BCUT2D eigenvalue weighted by molar-refractivity contribution is 0.102. The Morgan fingerprint density at radius 2 is 1.96 bits per heavy atom. The number of nitrogens with one attached hydrogen (secondary N) is 1. The molecule has 0 saturated heterocycles. The van der Waals surface area contributed by atoms with Gasteiger partial charge in [-0.1, -0.05) is 23.2 Å². The maximum Gasteiger partial charge on any atom is 0.256 e. The maximum absolute atomic E-state index is 13.1. The second-order valence-corrected chi connectivity index (χ2v) is 7.21. The number of ether oxygens (including phenoxy) is 1. The highest BCUT2D eigenvalue weighted by Gasteiger charge is 2.25. The van der Waals surface area contributed by atoms with Gasteiger partial charge in [0.1, 0.15) is 5.76 Å². The number of furan rings is 1. The number of benzene rings is 1. The Morgan fingerprint density at radius 3 is 2.70 bits per heavy atom. The number of anilines is 1. The average Bonchev–Trinajstić information content (AvgIpc) is 3.05. The molecule has 27 heavy (non-hydrogen) atoms. The first-order valence-corrected chi connectivity index (χ1v) is 9.66. The third kappa shape index (κ3) is 3.26. The molecule has 1 aliphatic rings. The van der Waals surface area contributed by atoms with Crippen LogP contribution in [0, 0.1) is 0 Å². The van der Waals surface area contributed by atoms with Crippen molar-refractivity contribution in [1.29, 1.82) is 0 Å². The van der Waals surface area contributed by atoms with E-state index in [1.165, 1.54) is 12.4 Å². The van der Waals surface area contributed by atoms with E-state index in [2.05, 4.69) is 10.3 Å². The highest BCUT2D eigenvalue weighted by Crippen LogP contribution is 2.39. The van der Waals surface area contributed by atoms with Crippen LogP contribution >= 0.6 is 23.2 Å². The number of carbonyl (C=O) groups excluding carboxylic acids is 1. The SMILES string of the molecule is CCOc1ccc(C(=O)Nc2c(Cl)cncc2Cl)c2c3c(oc12)CCCC3. The number of hydrogen-bond acceptors (Lipinski definition) is 4. The number of fused-ring (bicyclic) bond motifs is 3. The first-order valence-electron chi connectivity index (χ1n) is 8.90. The normalized spacial score (nSPS) is 13.4. The third-order valence-corrected chi connectivity index (χ3v) is 5.28. The zero-order valence-corrected chi connectivity index (χ0v) is 16.3. The number of rotatable bonds is 4. The molecule has 0 aliphatic heterocycles. The molecule has 7 heteroatoms. The molecule has 1 N–H and O–H groups in total. The van der Waals surface area contributed by atoms with Crippen LogP contribution < -0.4 is 10.1 Å². The Hall–Kier alpha value is -2.24. The lowest BCUT2D eigenvalue weighted by atomic mass is 9.93.